The molecule has 0 aliphatic heterocycles. The van der Waals surface area contributed by atoms with E-state index in [-0.39, 0.29) is 35.9 Å². The van der Waals surface area contributed by atoms with Crippen molar-refractivity contribution in [2.24, 2.45) is 0 Å². The molecule has 0 unspecified atom stereocenters. The Labute approximate surface area is 474 Å². The van der Waals surface area contributed by atoms with Gasteiger partial charge in [0.25, 0.3) is 5.91 Å². The molecule has 2 aromatic heterocycles. The van der Waals surface area contributed by atoms with Crippen LogP contribution in [-0.2, 0) is 33.5 Å². The lowest BCUT2D eigenvalue weighted by Gasteiger charge is -2.19. The Hall–Kier alpha value is -9.74. The number of carboxylic acid groups (broad SMARTS) is 1. The second kappa shape index (κ2) is 27.2. The Morgan fingerprint density at radius 3 is 1.33 bits per heavy atom. The molecular weight excluding hydrogens is 1010 g/mol. The minimum Gasteiger partial charge on any atom is -0.478 e. The molecule has 11 nitrogen and oxygen atoms in total. The Morgan fingerprint density at radius 1 is 0.469 bits per heavy atom. The highest BCUT2D eigenvalue weighted by molar-refractivity contribution is 6.09. The zero-order valence-electron chi connectivity index (χ0n) is 47.1. The maximum Gasteiger partial charge on any atom is 0.338 e. The lowest BCUT2D eigenvalue weighted by atomic mass is 9.86. The first kappa shape index (κ1) is 58.9. The summed E-state index contributed by atoms with van der Waals surface area (Å²) in [4.78, 5) is 57.9. The highest BCUT2D eigenvalue weighted by atomic mass is 16.5. The number of anilines is 2. The van der Waals surface area contributed by atoms with Crippen LogP contribution >= 0.6 is 0 Å². The molecule has 10 rings (SSSR count). The fraction of sp³-hybridized carbons (Fsp3) is 0.171. The minimum absolute atomic E-state index is 0.0560. The van der Waals surface area contributed by atoms with Gasteiger partial charge in [0.1, 0.15) is 24.8 Å². The third kappa shape index (κ3) is 16.2. The van der Waals surface area contributed by atoms with Crippen molar-refractivity contribution in [1.29, 1.82) is 0 Å². The van der Waals surface area contributed by atoms with Gasteiger partial charge in [-0.1, -0.05) is 201 Å². The monoisotopic (exact) mass is 1080 g/mol. The lowest BCUT2D eigenvalue weighted by molar-refractivity contribution is 0.0464. The van der Waals surface area contributed by atoms with Crippen LogP contribution in [0.5, 0.6) is 0 Å². The molecule has 0 aliphatic rings. The molecule has 0 aliphatic carbocycles. The number of hydrogen-bond acceptors (Lipinski definition) is 9. The number of aromatic nitrogens is 2. The van der Waals surface area contributed by atoms with E-state index in [1.807, 2.05) is 135 Å². The molecule has 0 fully saturated rings. The predicted octanol–water partition coefficient (Wildman–Crippen LogP) is 16.4. The summed E-state index contributed by atoms with van der Waals surface area (Å²) in [6, 6.07) is 67.8. The standard InChI is InChI=1S/C34H30N2O3.C17H14N2O2.C17H18O2.C2H6/c1-34(2,3)27-17-13-24(14-18-27)28-11-7-8-12-29(28)32(37)36-31-20-16-25-21-26(15-19-30(25)35-31)33(38)39-22-23-9-5-4-6-10-23;18-16-9-7-13-10-14(6-8-15(13)19-16)17(20)21-11-12-4-2-1-3-5-12;1-17(2,3)13-10-8-12(9-11-13)14-6-4-5-7-15(14)16(18)19;1-2/h4-21H,22H2,1-3H3,(H,35,36,37);1-10H,11H2,(H2,18,19);4-11H,1-3H3,(H,18,19);1-2H3. The summed E-state index contributed by atoms with van der Waals surface area (Å²) in [5, 5.41) is 13.8. The highest BCUT2D eigenvalue weighted by Gasteiger charge is 2.19. The zero-order chi connectivity index (χ0) is 58.1. The van der Waals surface area contributed by atoms with Crippen molar-refractivity contribution >= 4 is 57.3 Å². The van der Waals surface area contributed by atoms with E-state index in [4.69, 9.17) is 15.2 Å². The molecule has 0 saturated heterocycles. The van der Waals surface area contributed by atoms with Crippen molar-refractivity contribution < 1.29 is 33.8 Å². The summed E-state index contributed by atoms with van der Waals surface area (Å²) >= 11 is 0. The van der Waals surface area contributed by atoms with Crippen molar-refractivity contribution in [1.82, 2.24) is 9.97 Å². The first-order valence-corrected chi connectivity index (χ1v) is 26.8. The Bertz CT molecular complexity index is 3760. The van der Waals surface area contributed by atoms with E-state index in [1.54, 1.807) is 60.7 Å². The number of nitrogen functional groups attached to an aromatic ring is 1. The number of carboxylic acids is 1. The van der Waals surface area contributed by atoms with Gasteiger partial charge < -0.3 is 25.6 Å². The Kier molecular flexibility index (Phi) is 19.8. The van der Waals surface area contributed by atoms with Crippen LogP contribution in [0.25, 0.3) is 44.1 Å². The number of amides is 1. The van der Waals surface area contributed by atoms with Gasteiger partial charge in [0.15, 0.2) is 0 Å². The van der Waals surface area contributed by atoms with E-state index in [2.05, 4.69) is 93.2 Å². The number of fused-ring (bicyclic) bond motifs is 2. The maximum absolute atomic E-state index is 13.3. The average Bonchev–Trinajstić information content (AvgIpc) is 3.48. The van der Waals surface area contributed by atoms with Crippen LogP contribution in [0.15, 0.2) is 218 Å². The number of nitrogens with one attached hydrogen (secondary N) is 1. The van der Waals surface area contributed by atoms with Gasteiger partial charge in [-0.05, 0) is 128 Å². The number of esters is 2. The summed E-state index contributed by atoms with van der Waals surface area (Å²) in [6.07, 6.45) is 0. The van der Waals surface area contributed by atoms with Gasteiger partial charge in [-0.15, -0.1) is 0 Å². The molecule has 1 amide bonds. The van der Waals surface area contributed by atoms with Crippen LogP contribution in [0.3, 0.4) is 0 Å². The second-order valence-electron chi connectivity index (χ2n) is 20.9. The summed E-state index contributed by atoms with van der Waals surface area (Å²) < 4.78 is 10.7. The van der Waals surface area contributed by atoms with Gasteiger partial charge >= 0.3 is 17.9 Å². The van der Waals surface area contributed by atoms with E-state index in [0.717, 1.165) is 49.7 Å². The number of carbonyl (C=O) groups excluding carboxylic acids is 3. The van der Waals surface area contributed by atoms with Crippen LogP contribution in [0, 0.1) is 0 Å². The molecule has 0 radical (unpaired) electrons. The SMILES string of the molecule is CC.CC(C)(C)c1ccc(-c2ccccc2C(=O)Nc2ccc3cc(C(=O)OCc4ccccc4)ccc3n2)cc1.CC(C)(C)c1ccc(-c2ccccc2C(=O)O)cc1.Nc1ccc2cc(C(=O)OCc3ccccc3)ccc2n1. The Morgan fingerprint density at radius 2 is 0.877 bits per heavy atom. The van der Waals surface area contributed by atoms with Gasteiger partial charge in [-0.2, -0.15) is 0 Å². The number of benzene rings is 8. The van der Waals surface area contributed by atoms with Crippen molar-refractivity contribution in [3.05, 3.63) is 263 Å². The molecule has 0 saturated carbocycles. The number of carbonyl (C=O) groups is 4. The van der Waals surface area contributed by atoms with Gasteiger partial charge in [-0.25, -0.2) is 24.4 Å². The van der Waals surface area contributed by atoms with Crippen LogP contribution in [0.2, 0.25) is 0 Å². The molecular formula is C70H68N4O7. The molecule has 10 aromatic rings. The van der Waals surface area contributed by atoms with E-state index in [0.29, 0.717) is 39.4 Å². The Balaban J connectivity index is 0.000000189. The number of hydrogen-bond donors (Lipinski definition) is 3. The molecule has 8 aromatic carbocycles. The predicted molar refractivity (Wildman–Crippen MR) is 326 cm³/mol. The molecule has 11 heteroatoms. The highest BCUT2D eigenvalue weighted by Crippen LogP contribution is 2.31. The van der Waals surface area contributed by atoms with Crippen molar-refractivity contribution in [2.75, 3.05) is 11.1 Å². The quantitative estimate of drug-likeness (QED) is 0.106. The van der Waals surface area contributed by atoms with Crippen LogP contribution < -0.4 is 11.1 Å². The number of nitrogens with zero attached hydrogens (tertiary/aromatic N) is 2. The molecule has 410 valence electrons. The zero-order valence-corrected chi connectivity index (χ0v) is 47.1. The summed E-state index contributed by atoms with van der Waals surface area (Å²) in [5.41, 5.74) is 17.0. The largest absolute Gasteiger partial charge is 0.478 e. The summed E-state index contributed by atoms with van der Waals surface area (Å²) in [7, 11) is 0. The van der Waals surface area contributed by atoms with Crippen molar-refractivity contribution in [3.8, 4) is 22.3 Å². The molecule has 81 heavy (non-hydrogen) atoms. The van der Waals surface area contributed by atoms with E-state index < -0.39 is 11.9 Å². The number of rotatable bonds is 11. The summed E-state index contributed by atoms with van der Waals surface area (Å²) in [5.74, 6) is -0.983. The van der Waals surface area contributed by atoms with Gasteiger partial charge in [-0.3, -0.25) is 4.79 Å². The van der Waals surface area contributed by atoms with Crippen molar-refractivity contribution in [3.63, 3.8) is 0 Å². The maximum atomic E-state index is 13.3. The van der Waals surface area contributed by atoms with Crippen molar-refractivity contribution in [2.45, 2.75) is 79.4 Å². The minimum atomic E-state index is -0.893. The van der Waals surface area contributed by atoms with Gasteiger partial charge in [0.05, 0.1) is 27.7 Å². The van der Waals surface area contributed by atoms with E-state index in [1.165, 1.54) is 11.1 Å². The third-order valence-corrected chi connectivity index (χ3v) is 13.0. The van der Waals surface area contributed by atoms with Crippen LogP contribution in [0.4, 0.5) is 11.6 Å². The van der Waals surface area contributed by atoms with Crippen LogP contribution in [-0.4, -0.2) is 38.9 Å². The average molecular weight is 1080 g/mol. The fourth-order valence-corrected chi connectivity index (χ4v) is 8.54. The normalized spacial score (nSPS) is 10.9. The topological polar surface area (TPSA) is 171 Å². The number of nitrogens with two attached hydrogens (primary N) is 1. The van der Waals surface area contributed by atoms with E-state index >= 15 is 0 Å². The van der Waals surface area contributed by atoms with Gasteiger partial charge in [0, 0.05) is 16.3 Å². The second-order valence-corrected chi connectivity index (χ2v) is 20.9. The molecule has 0 bridgehead atoms. The van der Waals surface area contributed by atoms with Crippen LogP contribution in [0.1, 0.15) is 119 Å². The third-order valence-electron chi connectivity index (χ3n) is 13.0. The molecule has 4 N–H and O–H groups in total. The van der Waals surface area contributed by atoms with E-state index in [9.17, 15) is 24.3 Å². The fourth-order valence-electron chi connectivity index (χ4n) is 8.54. The molecule has 2 heterocycles. The molecule has 0 spiro atoms. The first-order chi connectivity index (χ1) is 38.9. The van der Waals surface area contributed by atoms with Gasteiger partial charge in [0.2, 0.25) is 0 Å². The molecule has 0 atom stereocenters. The number of ether oxygens (including phenoxy) is 2. The number of pyridine rings is 2. The first-order valence-electron chi connectivity index (χ1n) is 26.8. The smallest absolute Gasteiger partial charge is 0.338 e. The summed E-state index contributed by atoms with van der Waals surface area (Å²) in [6.45, 7) is 17.5. The lowest BCUT2D eigenvalue weighted by Crippen LogP contribution is -2.14. The number of aromatic carboxylic acids is 1.